The molecule has 0 aliphatic carbocycles. The third-order valence-electron chi connectivity index (χ3n) is 5.03. The van der Waals surface area contributed by atoms with Crippen molar-refractivity contribution < 1.29 is 33.8 Å². The van der Waals surface area contributed by atoms with Crippen LogP contribution in [0.5, 0.6) is 11.5 Å². The lowest BCUT2D eigenvalue weighted by Gasteiger charge is -2.26. The van der Waals surface area contributed by atoms with Gasteiger partial charge in [-0.1, -0.05) is 17.7 Å². The van der Waals surface area contributed by atoms with Crippen LogP contribution in [0.2, 0.25) is 5.02 Å². The van der Waals surface area contributed by atoms with E-state index >= 15 is 0 Å². The van der Waals surface area contributed by atoms with E-state index in [1.54, 1.807) is 30.3 Å². The second-order valence-corrected chi connectivity index (χ2v) is 7.53. The van der Waals surface area contributed by atoms with E-state index in [1.165, 1.54) is 17.0 Å². The monoisotopic (exact) mass is 456 g/mol. The van der Waals surface area contributed by atoms with E-state index < -0.39 is 29.7 Å². The van der Waals surface area contributed by atoms with Crippen LogP contribution in [0.15, 0.2) is 54.6 Å². The van der Waals surface area contributed by atoms with Crippen molar-refractivity contribution in [2.24, 2.45) is 0 Å². The number of benzene rings is 2. The molecule has 1 saturated heterocycles. The number of carbonyl (C=O) groups excluding carboxylic acids is 3. The van der Waals surface area contributed by atoms with Crippen molar-refractivity contribution in [3.8, 4) is 11.5 Å². The molecule has 0 spiro atoms. The fraction of sp³-hybridized carbons (Fsp3) is 0.182. The van der Waals surface area contributed by atoms with Gasteiger partial charge in [-0.25, -0.2) is 9.69 Å². The van der Waals surface area contributed by atoms with Crippen molar-refractivity contribution in [2.45, 2.75) is 19.0 Å². The van der Waals surface area contributed by atoms with Crippen LogP contribution < -0.4 is 14.4 Å². The number of fused-ring (bicyclic) bond motifs is 1. The van der Waals surface area contributed by atoms with E-state index in [1.807, 2.05) is 0 Å². The van der Waals surface area contributed by atoms with Gasteiger partial charge in [0.2, 0.25) is 18.6 Å². The lowest BCUT2D eigenvalue weighted by Crippen LogP contribution is -2.44. The quantitative estimate of drug-likeness (QED) is 0.524. The average molecular weight is 457 g/mol. The molecule has 1 fully saturated rings. The van der Waals surface area contributed by atoms with Crippen LogP contribution in [0.3, 0.4) is 0 Å². The Morgan fingerprint density at radius 2 is 1.81 bits per heavy atom. The number of anilines is 1. The highest BCUT2D eigenvalue weighted by molar-refractivity contribution is 6.31. The van der Waals surface area contributed by atoms with Gasteiger partial charge in [-0.3, -0.25) is 14.4 Å². The summed E-state index contributed by atoms with van der Waals surface area (Å²) in [6, 6.07) is 10.1. The number of amides is 3. The van der Waals surface area contributed by atoms with Crippen LogP contribution in [-0.4, -0.2) is 46.5 Å². The van der Waals surface area contributed by atoms with Crippen LogP contribution >= 0.6 is 11.6 Å². The Balaban J connectivity index is 1.64. The molecule has 0 aromatic heterocycles. The fourth-order valence-electron chi connectivity index (χ4n) is 3.54. The largest absolute Gasteiger partial charge is 0.478 e. The molecule has 164 valence electrons. The molecule has 1 N–H and O–H groups in total. The van der Waals surface area contributed by atoms with Gasteiger partial charge in [-0.15, -0.1) is 0 Å². The molecule has 2 aromatic carbocycles. The molecule has 10 heteroatoms. The summed E-state index contributed by atoms with van der Waals surface area (Å²) in [7, 11) is 0. The highest BCUT2D eigenvalue weighted by atomic mass is 35.5. The summed E-state index contributed by atoms with van der Waals surface area (Å²) in [5, 5.41) is 9.33. The molecular formula is C22H17ClN2O7. The number of imide groups is 1. The first kappa shape index (κ1) is 21.4. The smallest absolute Gasteiger partial charge is 0.328 e. The maximum Gasteiger partial charge on any atom is 0.328 e. The van der Waals surface area contributed by atoms with Crippen LogP contribution in [-0.2, 0) is 25.7 Å². The molecular weight excluding hydrogens is 440 g/mol. The van der Waals surface area contributed by atoms with Crippen molar-refractivity contribution in [3.05, 3.63) is 65.2 Å². The molecule has 2 aliphatic heterocycles. The SMILES string of the molecule is O=C(O)C=CC(=O)N(Cc1ccc2c(c1)OCO2)C1CC(=O)N(c2ccc(Cl)cc2)C1=O. The molecule has 32 heavy (non-hydrogen) atoms. The zero-order chi connectivity index (χ0) is 22.8. The molecule has 9 nitrogen and oxygen atoms in total. The first-order valence-electron chi connectivity index (χ1n) is 9.56. The Labute approximate surface area is 187 Å². The van der Waals surface area contributed by atoms with Crippen molar-refractivity contribution in [1.82, 2.24) is 4.90 Å². The van der Waals surface area contributed by atoms with E-state index in [9.17, 15) is 19.2 Å². The lowest BCUT2D eigenvalue weighted by molar-refractivity contribution is -0.135. The topological polar surface area (TPSA) is 113 Å². The van der Waals surface area contributed by atoms with Gasteiger partial charge in [0.25, 0.3) is 5.91 Å². The van der Waals surface area contributed by atoms with E-state index in [-0.39, 0.29) is 19.8 Å². The first-order valence-corrected chi connectivity index (χ1v) is 9.94. The molecule has 0 bridgehead atoms. The van der Waals surface area contributed by atoms with Crippen molar-refractivity contribution in [3.63, 3.8) is 0 Å². The Kier molecular flexibility index (Phi) is 5.83. The maximum atomic E-state index is 13.2. The summed E-state index contributed by atoms with van der Waals surface area (Å²) in [6.07, 6.45) is 1.31. The second-order valence-electron chi connectivity index (χ2n) is 7.09. The minimum atomic E-state index is -1.31. The predicted molar refractivity (Wildman–Crippen MR) is 112 cm³/mol. The van der Waals surface area contributed by atoms with Gasteiger partial charge in [0.15, 0.2) is 11.5 Å². The highest BCUT2D eigenvalue weighted by Crippen LogP contribution is 2.34. The van der Waals surface area contributed by atoms with Gasteiger partial charge in [0, 0.05) is 23.7 Å². The second kappa shape index (κ2) is 8.72. The summed E-state index contributed by atoms with van der Waals surface area (Å²) >= 11 is 5.89. The van der Waals surface area contributed by atoms with Crippen LogP contribution in [0.1, 0.15) is 12.0 Å². The fourth-order valence-corrected chi connectivity index (χ4v) is 3.66. The number of halogens is 1. The maximum absolute atomic E-state index is 13.2. The molecule has 2 heterocycles. The summed E-state index contributed by atoms with van der Waals surface area (Å²) in [5.74, 6) is -2.04. The lowest BCUT2D eigenvalue weighted by atomic mass is 10.1. The van der Waals surface area contributed by atoms with Crippen molar-refractivity contribution in [1.29, 1.82) is 0 Å². The predicted octanol–water partition coefficient (Wildman–Crippen LogP) is 2.37. The van der Waals surface area contributed by atoms with Gasteiger partial charge in [-0.2, -0.15) is 0 Å². The zero-order valence-corrected chi connectivity index (χ0v) is 17.3. The number of carbonyl (C=O) groups is 4. The highest BCUT2D eigenvalue weighted by Gasteiger charge is 2.44. The molecule has 4 rings (SSSR count). The molecule has 2 aromatic rings. The molecule has 3 amide bonds. The molecule has 1 unspecified atom stereocenters. The summed E-state index contributed by atoms with van der Waals surface area (Å²) in [6.45, 7) is 0.0338. The molecule has 1 atom stereocenters. The Bertz CT molecular complexity index is 1130. The summed E-state index contributed by atoms with van der Waals surface area (Å²) < 4.78 is 10.6. The number of carboxylic acid groups (broad SMARTS) is 1. The van der Waals surface area contributed by atoms with Crippen molar-refractivity contribution >= 4 is 41.0 Å². The van der Waals surface area contributed by atoms with E-state index in [0.717, 1.165) is 11.0 Å². The third-order valence-corrected chi connectivity index (χ3v) is 5.28. The van der Waals surface area contributed by atoms with Gasteiger partial charge in [0.1, 0.15) is 6.04 Å². The number of hydrogen-bond acceptors (Lipinski definition) is 6. The van der Waals surface area contributed by atoms with Crippen LogP contribution in [0.4, 0.5) is 5.69 Å². The zero-order valence-electron chi connectivity index (χ0n) is 16.6. The Morgan fingerprint density at radius 3 is 2.53 bits per heavy atom. The molecule has 0 saturated carbocycles. The third kappa shape index (κ3) is 4.28. The number of rotatable bonds is 6. The summed E-state index contributed by atoms with van der Waals surface area (Å²) in [5.41, 5.74) is 0.958. The average Bonchev–Trinajstić information content (AvgIpc) is 3.34. The minimum Gasteiger partial charge on any atom is -0.478 e. The number of hydrogen-bond donors (Lipinski definition) is 1. The number of carboxylic acids is 1. The number of ether oxygens (including phenoxy) is 2. The number of nitrogens with zero attached hydrogens (tertiary/aromatic N) is 2. The minimum absolute atomic E-state index is 0.0441. The summed E-state index contributed by atoms with van der Waals surface area (Å²) in [4.78, 5) is 51.7. The van der Waals surface area contributed by atoms with E-state index in [2.05, 4.69) is 0 Å². The van der Waals surface area contributed by atoms with Crippen LogP contribution in [0, 0.1) is 0 Å². The standard InChI is InChI=1S/C22H17ClN2O7/c23-14-2-4-15(5-3-14)25-20(27)10-16(22(25)30)24(19(26)7-8-21(28)29)11-13-1-6-17-18(9-13)32-12-31-17/h1-9,16H,10-12H2,(H,28,29). The molecule has 0 radical (unpaired) electrons. The van der Waals surface area contributed by atoms with Crippen molar-refractivity contribution in [2.75, 3.05) is 11.7 Å². The van der Waals surface area contributed by atoms with Gasteiger partial charge >= 0.3 is 5.97 Å². The first-order chi connectivity index (χ1) is 15.3. The van der Waals surface area contributed by atoms with E-state index in [0.29, 0.717) is 33.8 Å². The van der Waals surface area contributed by atoms with E-state index in [4.69, 9.17) is 26.2 Å². The van der Waals surface area contributed by atoms with Gasteiger partial charge in [0.05, 0.1) is 12.1 Å². The Morgan fingerprint density at radius 1 is 1.09 bits per heavy atom. The molecule has 2 aliphatic rings. The Hall–Kier alpha value is -3.85. The van der Waals surface area contributed by atoms with Gasteiger partial charge in [-0.05, 0) is 42.0 Å². The van der Waals surface area contributed by atoms with Crippen LogP contribution in [0.25, 0.3) is 0 Å². The number of aliphatic carboxylic acids is 1. The normalized spacial score (nSPS) is 17.3. The van der Waals surface area contributed by atoms with Gasteiger partial charge < -0.3 is 19.5 Å².